The molecule has 0 radical (unpaired) electrons. The highest BCUT2D eigenvalue weighted by molar-refractivity contribution is 5.79. The molecule has 4 atom stereocenters. The van der Waals surface area contributed by atoms with Crippen LogP contribution in [0.1, 0.15) is 60.2 Å². The van der Waals surface area contributed by atoms with Crippen LogP contribution in [-0.4, -0.2) is 34.2 Å². The van der Waals surface area contributed by atoms with E-state index in [0.29, 0.717) is 18.9 Å². The minimum atomic E-state index is 0.0816. The quantitative estimate of drug-likeness (QED) is 0.849. The van der Waals surface area contributed by atoms with Crippen molar-refractivity contribution in [1.29, 1.82) is 0 Å². The number of aryl methyl sites for hydroxylation is 2. The Morgan fingerprint density at radius 1 is 1.30 bits per heavy atom. The molecule has 1 aliphatic heterocycles. The summed E-state index contributed by atoms with van der Waals surface area (Å²) in [5, 5.41) is 8.07. The third kappa shape index (κ3) is 3.31. The topological polar surface area (TPSA) is 63.3 Å². The van der Waals surface area contributed by atoms with Crippen molar-refractivity contribution in [2.24, 2.45) is 18.9 Å². The molecule has 4 rings (SSSR count). The highest BCUT2D eigenvalue weighted by atomic mass is 16.3. The Labute approximate surface area is 160 Å². The van der Waals surface area contributed by atoms with E-state index in [9.17, 15) is 4.79 Å². The lowest BCUT2D eigenvalue weighted by Gasteiger charge is -2.26. The number of nitrogens with zero attached hydrogens (tertiary/aromatic N) is 3. The van der Waals surface area contributed by atoms with Crippen LogP contribution in [0.5, 0.6) is 0 Å². The Bertz CT molecular complexity index is 852. The van der Waals surface area contributed by atoms with Gasteiger partial charge in [-0.1, -0.05) is 6.92 Å². The van der Waals surface area contributed by atoms with Gasteiger partial charge in [-0.3, -0.25) is 9.48 Å². The molecule has 1 amide bonds. The number of nitrogens with one attached hydrogen (secondary N) is 1. The van der Waals surface area contributed by atoms with Crippen LogP contribution in [0.25, 0.3) is 0 Å². The van der Waals surface area contributed by atoms with Gasteiger partial charge in [-0.05, 0) is 38.3 Å². The monoisotopic (exact) mass is 370 g/mol. The first-order chi connectivity index (χ1) is 12.9. The summed E-state index contributed by atoms with van der Waals surface area (Å²) >= 11 is 0. The second-order valence-corrected chi connectivity index (χ2v) is 8.38. The first-order valence-electron chi connectivity index (χ1n) is 9.92. The van der Waals surface area contributed by atoms with E-state index in [-0.39, 0.29) is 17.9 Å². The van der Waals surface area contributed by atoms with Gasteiger partial charge < -0.3 is 14.6 Å². The molecule has 0 aromatic carbocycles. The first-order valence-corrected chi connectivity index (χ1v) is 9.92. The number of amides is 1. The maximum atomic E-state index is 12.4. The van der Waals surface area contributed by atoms with E-state index in [2.05, 4.69) is 36.4 Å². The Kier molecular flexibility index (Phi) is 4.62. The van der Waals surface area contributed by atoms with Gasteiger partial charge in [0.05, 0.1) is 18.3 Å². The fourth-order valence-electron chi connectivity index (χ4n) is 4.57. The molecule has 2 fully saturated rings. The fraction of sp³-hybridized carbons (Fsp3) is 0.619. The number of rotatable bonds is 6. The lowest BCUT2D eigenvalue weighted by molar-refractivity contribution is -0.127. The average molecular weight is 370 g/mol. The van der Waals surface area contributed by atoms with Crippen molar-refractivity contribution in [2.45, 2.75) is 52.1 Å². The molecule has 0 spiro atoms. The number of furan rings is 1. The zero-order chi connectivity index (χ0) is 19.3. The SMILES string of the molecule is Cc1nn(C)c(C)c1[C@H]1[C@H](CNCc2ccc(C3CC3C)o2)CC(=O)N1C. The molecule has 146 valence electrons. The molecule has 2 unspecified atom stereocenters. The zero-order valence-electron chi connectivity index (χ0n) is 17.0. The second kappa shape index (κ2) is 6.82. The van der Waals surface area contributed by atoms with Gasteiger partial charge >= 0.3 is 0 Å². The lowest BCUT2D eigenvalue weighted by Crippen LogP contribution is -2.29. The number of carbonyl (C=O) groups excluding carboxylic acids is 1. The van der Waals surface area contributed by atoms with Crippen molar-refractivity contribution in [3.63, 3.8) is 0 Å². The minimum absolute atomic E-state index is 0.0816. The summed E-state index contributed by atoms with van der Waals surface area (Å²) < 4.78 is 7.90. The molecule has 2 aromatic rings. The third-order valence-corrected chi connectivity index (χ3v) is 6.42. The molecule has 1 N–H and O–H groups in total. The van der Waals surface area contributed by atoms with E-state index in [0.717, 1.165) is 35.4 Å². The van der Waals surface area contributed by atoms with Gasteiger partial charge in [0.1, 0.15) is 11.5 Å². The summed E-state index contributed by atoms with van der Waals surface area (Å²) in [4.78, 5) is 14.3. The number of likely N-dealkylation sites (tertiary alicyclic amines) is 1. The number of hydrogen-bond donors (Lipinski definition) is 1. The molecule has 6 heteroatoms. The van der Waals surface area contributed by atoms with Crippen LogP contribution in [0, 0.1) is 25.7 Å². The lowest BCUT2D eigenvalue weighted by atomic mass is 9.92. The van der Waals surface area contributed by atoms with Gasteiger partial charge in [-0.25, -0.2) is 0 Å². The Morgan fingerprint density at radius 2 is 2.04 bits per heavy atom. The third-order valence-electron chi connectivity index (χ3n) is 6.42. The van der Waals surface area contributed by atoms with Crippen molar-refractivity contribution >= 4 is 5.91 Å². The standard InChI is InChI=1S/C21H30N4O2/c1-12-8-17(12)18-7-6-16(27-18)11-22-10-15-9-19(26)24(4)21(15)20-13(2)23-25(5)14(20)3/h6-7,12,15,17,21-22H,8-11H2,1-5H3/t12?,15-,17?,21+/m0/s1. The van der Waals surface area contributed by atoms with E-state index in [4.69, 9.17) is 4.42 Å². The molecular formula is C21H30N4O2. The molecule has 2 aliphatic rings. The highest BCUT2D eigenvalue weighted by Gasteiger charge is 2.41. The highest BCUT2D eigenvalue weighted by Crippen LogP contribution is 2.47. The summed E-state index contributed by atoms with van der Waals surface area (Å²) in [7, 11) is 3.87. The normalized spacial score (nSPS) is 27.6. The predicted molar refractivity (Wildman–Crippen MR) is 103 cm³/mol. The van der Waals surface area contributed by atoms with Crippen molar-refractivity contribution in [3.05, 3.63) is 40.6 Å². The maximum Gasteiger partial charge on any atom is 0.223 e. The molecule has 1 saturated heterocycles. The van der Waals surface area contributed by atoms with Gasteiger partial charge in [-0.15, -0.1) is 0 Å². The number of hydrogen-bond acceptors (Lipinski definition) is 4. The largest absolute Gasteiger partial charge is 0.464 e. The predicted octanol–water partition coefficient (Wildman–Crippen LogP) is 3.06. The second-order valence-electron chi connectivity index (χ2n) is 8.38. The smallest absolute Gasteiger partial charge is 0.223 e. The first kappa shape index (κ1) is 18.3. The van der Waals surface area contributed by atoms with Crippen LogP contribution < -0.4 is 5.32 Å². The van der Waals surface area contributed by atoms with Gasteiger partial charge in [0.15, 0.2) is 0 Å². The fourth-order valence-corrected chi connectivity index (χ4v) is 4.57. The molecule has 1 aliphatic carbocycles. The van der Waals surface area contributed by atoms with Gasteiger partial charge in [0, 0.05) is 50.2 Å². The molecule has 6 nitrogen and oxygen atoms in total. The summed E-state index contributed by atoms with van der Waals surface area (Å²) in [5.41, 5.74) is 3.35. The van der Waals surface area contributed by atoms with Crippen LogP contribution >= 0.6 is 0 Å². The molecule has 1 saturated carbocycles. The molecular weight excluding hydrogens is 340 g/mol. The Hall–Kier alpha value is -2.08. The van der Waals surface area contributed by atoms with Crippen LogP contribution in [0.2, 0.25) is 0 Å². The van der Waals surface area contributed by atoms with E-state index in [1.54, 1.807) is 0 Å². The average Bonchev–Trinajstić information content (AvgIpc) is 2.94. The Balaban J connectivity index is 1.42. The van der Waals surface area contributed by atoms with Crippen LogP contribution in [0.3, 0.4) is 0 Å². The number of aromatic nitrogens is 2. The minimum Gasteiger partial charge on any atom is -0.464 e. The van der Waals surface area contributed by atoms with Crippen LogP contribution in [-0.2, 0) is 18.4 Å². The zero-order valence-corrected chi connectivity index (χ0v) is 17.0. The molecule has 0 bridgehead atoms. The van der Waals surface area contributed by atoms with Crippen molar-refractivity contribution < 1.29 is 9.21 Å². The van der Waals surface area contributed by atoms with Gasteiger partial charge in [0.25, 0.3) is 0 Å². The van der Waals surface area contributed by atoms with E-state index in [1.165, 1.54) is 12.0 Å². The van der Waals surface area contributed by atoms with E-state index < -0.39 is 0 Å². The van der Waals surface area contributed by atoms with Gasteiger partial charge in [0.2, 0.25) is 5.91 Å². The molecule has 27 heavy (non-hydrogen) atoms. The molecule has 2 aromatic heterocycles. The summed E-state index contributed by atoms with van der Waals surface area (Å²) in [6.45, 7) is 7.87. The maximum absolute atomic E-state index is 12.4. The van der Waals surface area contributed by atoms with Crippen molar-refractivity contribution in [1.82, 2.24) is 20.0 Å². The van der Waals surface area contributed by atoms with Gasteiger partial charge in [-0.2, -0.15) is 5.10 Å². The molecule has 3 heterocycles. The van der Waals surface area contributed by atoms with E-state index in [1.807, 2.05) is 30.6 Å². The van der Waals surface area contributed by atoms with Crippen LogP contribution in [0.15, 0.2) is 16.5 Å². The Morgan fingerprint density at radius 3 is 2.67 bits per heavy atom. The summed E-state index contributed by atoms with van der Waals surface area (Å²) in [6, 6.07) is 4.27. The summed E-state index contributed by atoms with van der Waals surface area (Å²) in [5.74, 6) is 3.91. The summed E-state index contributed by atoms with van der Waals surface area (Å²) in [6.07, 6.45) is 1.81. The van der Waals surface area contributed by atoms with E-state index >= 15 is 0 Å². The van der Waals surface area contributed by atoms with Crippen molar-refractivity contribution in [2.75, 3.05) is 13.6 Å². The van der Waals surface area contributed by atoms with Crippen LogP contribution in [0.4, 0.5) is 0 Å². The number of carbonyl (C=O) groups is 1. The van der Waals surface area contributed by atoms with Crippen molar-refractivity contribution in [3.8, 4) is 0 Å².